The van der Waals surface area contributed by atoms with Crippen LogP contribution in [-0.2, 0) is 6.42 Å². The minimum Gasteiger partial charge on any atom is -0.491 e. The highest BCUT2D eigenvalue weighted by atomic mass is 31.1. The summed E-state index contributed by atoms with van der Waals surface area (Å²) < 4.78 is 6.39. The zero-order valence-corrected chi connectivity index (χ0v) is 31.2. The average molecular weight is 719 g/mol. The van der Waals surface area contributed by atoms with Gasteiger partial charge in [0.15, 0.2) is 0 Å². The van der Waals surface area contributed by atoms with E-state index in [1.165, 1.54) is 17.5 Å². The zero-order chi connectivity index (χ0) is 35.8. The molecule has 0 amide bonds. The van der Waals surface area contributed by atoms with Gasteiger partial charge >= 0.3 is 0 Å². The first-order valence-corrected chi connectivity index (χ1v) is 20.3. The number of ether oxygens (including phenoxy) is 1. The van der Waals surface area contributed by atoms with E-state index < -0.39 is 7.92 Å². The van der Waals surface area contributed by atoms with E-state index in [9.17, 15) is 0 Å². The molecule has 0 bridgehead atoms. The number of aromatic amines is 1. The molecule has 3 aromatic heterocycles. The first-order valence-electron chi connectivity index (χ1n) is 18.1. The summed E-state index contributed by atoms with van der Waals surface area (Å²) in [6.07, 6.45) is 11.7. The third kappa shape index (κ3) is 6.53. The van der Waals surface area contributed by atoms with E-state index in [1.54, 1.807) is 12.4 Å². The fourth-order valence-corrected chi connectivity index (χ4v) is 9.16. The lowest BCUT2D eigenvalue weighted by molar-refractivity contribution is 0.0982. The number of hydrogen-bond donors (Lipinski definition) is 5. The van der Waals surface area contributed by atoms with Gasteiger partial charge in [-0.15, -0.1) is 0 Å². The van der Waals surface area contributed by atoms with Gasteiger partial charge in [-0.25, -0.2) is 0 Å². The average Bonchev–Trinajstić information content (AvgIpc) is 3.85. The molecule has 0 atom stereocenters. The van der Waals surface area contributed by atoms with E-state index in [4.69, 9.17) is 25.1 Å². The maximum absolute atomic E-state index is 8.43. The number of likely N-dealkylation sites (N-methyl/N-ethyl adjacent to an activating group) is 1. The molecule has 6 heterocycles. The Morgan fingerprint density at radius 1 is 1.00 bits per heavy atom. The monoisotopic (exact) mass is 718 g/mol. The fourth-order valence-electron chi connectivity index (χ4n) is 7.95. The Morgan fingerprint density at radius 3 is 2.58 bits per heavy atom. The molecule has 0 radical (unpaired) electrons. The smallest absolute Gasteiger partial charge is 0.231 e. The van der Waals surface area contributed by atoms with Gasteiger partial charge in [-0.1, -0.05) is 7.92 Å². The molecule has 5 N–H and O–H groups in total. The van der Waals surface area contributed by atoms with Crippen LogP contribution in [0.2, 0.25) is 0 Å². The lowest BCUT2D eigenvalue weighted by Crippen LogP contribution is -2.52. The lowest BCUT2D eigenvalue weighted by atomic mass is 9.94. The Kier molecular flexibility index (Phi) is 9.65. The molecule has 0 aliphatic carbocycles. The Hall–Kier alpha value is -4.84. The summed E-state index contributed by atoms with van der Waals surface area (Å²) in [6.45, 7) is 11.5. The van der Waals surface area contributed by atoms with Crippen molar-refractivity contribution in [3.63, 3.8) is 0 Å². The third-order valence-electron chi connectivity index (χ3n) is 10.5. The Balaban J connectivity index is 1.15. The standard InChI is InChI=1S/C38H47N12OP/c1-40-23-24(22-39)28-21-31(34-26(10-20-51-34)33(28)50-14-8-25(9-15-50)49-18-16-48(2)17-19-49)45-38-46-36-27(7-11-43-36)37(47-38)44-30-6-5-29-32(35(30)52(3)4)42-13-12-41-29/h5-7,11-13,21-23,25,39-40H,8-10,14-20H2,1-4H3,(H3,43,44,45,46,47)/b24-23+,39-22?. The molecule has 270 valence electrons. The molecule has 14 heteroatoms. The first-order chi connectivity index (χ1) is 25.4. The molecule has 2 aromatic carbocycles. The number of nitrogens with one attached hydrogen (secondary N) is 5. The van der Waals surface area contributed by atoms with E-state index in [1.807, 2.05) is 31.6 Å². The molecule has 2 saturated heterocycles. The van der Waals surface area contributed by atoms with Gasteiger partial charge in [0.25, 0.3) is 0 Å². The highest BCUT2D eigenvalue weighted by molar-refractivity contribution is 7.65. The highest BCUT2D eigenvalue weighted by Gasteiger charge is 2.32. The number of benzene rings is 2. The Morgan fingerprint density at radius 2 is 1.81 bits per heavy atom. The zero-order valence-electron chi connectivity index (χ0n) is 30.3. The third-order valence-corrected chi connectivity index (χ3v) is 11.9. The van der Waals surface area contributed by atoms with Crippen LogP contribution in [0.5, 0.6) is 5.75 Å². The van der Waals surface area contributed by atoms with Crippen LogP contribution in [0.4, 0.5) is 28.8 Å². The molecule has 3 aliphatic heterocycles. The van der Waals surface area contributed by atoms with E-state index >= 15 is 0 Å². The minimum absolute atomic E-state index is 0.438. The second-order valence-electron chi connectivity index (χ2n) is 14.0. The minimum atomic E-state index is -0.512. The van der Waals surface area contributed by atoms with Crippen molar-refractivity contribution in [1.82, 2.24) is 40.0 Å². The van der Waals surface area contributed by atoms with Crippen LogP contribution in [0.3, 0.4) is 0 Å². The van der Waals surface area contributed by atoms with Crippen LogP contribution in [0.25, 0.3) is 27.6 Å². The van der Waals surface area contributed by atoms with Crippen molar-refractivity contribution in [2.75, 3.05) is 88.8 Å². The maximum atomic E-state index is 8.43. The molecule has 3 aliphatic rings. The second-order valence-corrected chi connectivity index (χ2v) is 16.2. The van der Waals surface area contributed by atoms with Crippen LogP contribution in [-0.4, -0.2) is 120 Å². The topological polar surface area (TPSA) is 146 Å². The van der Waals surface area contributed by atoms with Gasteiger partial charge in [-0.05, 0) is 57.5 Å². The number of rotatable bonds is 10. The second kappa shape index (κ2) is 14.7. The summed E-state index contributed by atoms with van der Waals surface area (Å²) in [5, 5.41) is 20.8. The summed E-state index contributed by atoms with van der Waals surface area (Å²) >= 11 is 0. The molecule has 2 fully saturated rings. The SMILES string of the molecule is CN/C=C(\C=N)c1cc(Nc2nc(Nc3ccc4nccnc4c3P(C)C)c3cc[nH]c3n2)c2c(c1N1CCC(N3CCN(C)CC3)CC1)CCO2. The van der Waals surface area contributed by atoms with Crippen molar-refractivity contribution >= 4 is 75.9 Å². The molecule has 0 saturated carbocycles. The number of aromatic nitrogens is 5. The van der Waals surface area contributed by atoms with E-state index in [0.717, 1.165) is 109 Å². The van der Waals surface area contributed by atoms with Gasteiger partial charge < -0.3 is 40.9 Å². The first kappa shape index (κ1) is 34.3. The summed E-state index contributed by atoms with van der Waals surface area (Å²) in [7, 11) is 3.58. The molecule has 5 aromatic rings. The van der Waals surface area contributed by atoms with Crippen LogP contribution in [0.15, 0.2) is 49.1 Å². The van der Waals surface area contributed by atoms with Gasteiger partial charge in [0.2, 0.25) is 5.95 Å². The molecular formula is C38H47N12OP. The summed E-state index contributed by atoms with van der Waals surface area (Å²) in [5.74, 6) is 1.95. The highest BCUT2D eigenvalue weighted by Crippen LogP contribution is 2.46. The fraction of sp³-hybridized carbons (Fsp3) is 0.395. The van der Waals surface area contributed by atoms with Crippen LogP contribution < -0.4 is 30.9 Å². The van der Waals surface area contributed by atoms with Gasteiger partial charge in [-0.2, -0.15) is 9.97 Å². The van der Waals surface area contributed by atoms with Gasteiger partial charge in [0, 0.05) is 117 Å². The van der Waals surface area contributed by atoms with Crippen molar-refractivity contribution in [3.8, 4) is 5.75 Å². The van der Waals surface area contributed by atoms with Crippen molar-refractivity contribution in [3.05, 3.63) is 60.2 Å². The van der Waals surface area contributed by atoms with Gasteiger partial charge in [0.05, 0.1) is 34.4 Å². The van der Waals surface area contributed by atoms with E-state index in [-0.39, 0.29) is 0 Å². The van der Waals surface area contributed by atoms with Crippen LogP contribution in [0.1, 0.15) is 24.0 Å². The normalized spacial score (nSPS) is 17.5. The predicted molar refractivity (Wildman–Crippen MR) is 214 cm³/mol. The number of allylic oxidation sites excluding steroid dienone is 1. The maximum Gasteiger partial charge on any atom is 0.231 e. The van der Waals surface area contributed by atoms with Crippen molar-refractivity contribution in [2.45, 2.75) is 25.3 Å². The number of piperidine rings is 1. The van der Waals surface area contributed by atoms with Crippen molar-refractivity contribution in [2.24, 2.45) is 0 Å². The molecule has 52 heavy (non-hydrogen) atoms. The van der Waals surface area contributed by atoms with Crippen molar-refractivity contribution in [1.29, 1.82) is 5.41 Å². The van der Waals surface area contributed by atoms with Gasteiger partial charge in [0.1, 0.15) is 17.2 Å². The number of hydrogen-bond acceptors (Lipinski definition) is 12. The predicted octanol–water partition coefficient (Wildman–Crippen LogP) is 5.12. The number of piperazine rings is 1. The number of nitrogens with zero attached hydrogens (tertiary/aromatic N) is 7. The molecule has 0 unspecified atom stereocenters. The largest absolute Gasteiger partial charge is 0.491 e. The Bertz CT molecular complexity index is 2130. The number of H-pyrrole nitrogens is 1. The molecule has 0 spiro atoms. The summed E-state index contributed by atoms with van der Waals surface area (Å²) in [5.41, 5.74) is 8.37. The van der Waals surface area contributed by atoms with E-state index in [2.05, 4.69) is 73.1 Å². The molecule has 8 rings (SSSR count). The quantitative estimate of drug-likeness (QED) is 0.0970. The van der Waals surface area contributed by atoms with Crippen LogP contribution in [0, 0.1) is 5.41 Å². The molecule has 13 nitrogen and oxygen atoms in total. The summed E-state index contributed by atoms with van der Waals surface area (Å²) in [4.78, 5) is 30.1. The lowest BCUT2D eigenvalue weighted by Gasteiger charge is -2.43. The summed E-state index contributed by atoms with van der Waals surface area (Å²) in [6, 6.07) is 8.77. The number of anilines is 5. The number of fused-ring (bicyclic) bond motifs is 3. The van der Waals surface area contributed by atoms with Gasteiger partial charge in [-0.3, -0.25) is 14.9 Å². The van der Waals surface area contributed by atoms with Crippen molar-refractivity contribution < 1.29 is 4.74 Å². The van der Waals surface area contributed by atoms with E-state index in [0.29, 0.717) is 30.1 Å². The molecular weight excluding hydrogens is 671 g/mol. The Labute approximate surface area is 305 Å². The van der Waals surface area contributed by atoms with Crippen LogP contribution >= 0.6 is 7.92 Å².